The zero-order valence-electron chi connectivity index (χ0n) is 12.3. The number of rotatable bonds is 4. The lowest BCUT2D eigenvalue weighted by Gasteiger charge is -2.42. The highest BCUT2D eigenvalue weighted by Gasteiger charge is 2.44. The molecule has 0 unspecified atom stereocenters. The van der Waals surface area contributed by atoms with Crippen LogP contribution in [0.2, 0.25) is 0 Å². The van der Waals surface area contributed by atoms with Crippen LogP contribution in [0.5, 0.6) is 0 Å². The van der Waals surface area contributed by atoms with Gasteiger partial charge in [-0.3, -0.25) is 19.7 Å². The van der Waals surface area contributed by atoms with Gasteiger partial charge in [-0.2, -0.15) is 0 Å². The molecule has 2 rings (SSSR count). The molecule has 0 spiro atoms. The lowest BCUT2D eigenvalue weighted by atomic mass is 9.79. The molecule has 0 atom stereocenters. The Hall–Kier alpha value is -1.43. The van der Waals surface area contributed by atoms with Gasteiger partial charge in [0.15, 0.2) is 0 Å². The first-order chi connectivity index (χ1) is 9.34. The second kappa shape index (κ2) is 5.52. The number of amides is 3. The molecule has 1 heterocycles. The molecule has 0 bridgehead atoms. The van der Waals surface area contributed by atoms with E-state index in [1.807, 2.05) is 6.92 Å². The topological polar surface area (TPSA) is 75.7 Å². The first-order valence-electron chi connectivity index (χ1n) is 7.11. The molecular weight excluding hydrogens is 260 g/mol. The highest BCUT2D eigenvalue weighted by molar-refractivity contribution is 6.06. The molecule has 0 aromatic carbocycles. The fourth-order valence-electron chi connectivity index (χ4n) is 2.75. The summed E-state index contributed by atoms with van der Waals surface area (Å²) < 4.78 is 5.47. The minimum absolute atomic E-state index is 0.0425. The Balaban J connectivity index is 1.91. The fraction of sp³-hybridized carbons (Fsp3) is 0.786. The predicted octanol–water partition coefficient (Wildman–Crippen LogP) is 0.455. The van der Waals surface area contributed by atoms with E-state index < -0.39 is 17.4 Å². The average Bonchev–Trinajstić information content (AvgIpc) is 2.31. The molecule has 3 amide bonds. The summed E-state index contributed by atoms with van der Waals surface area (Å²) in [6.07, 6.45) is 2.41. The van der Waals surface area contributed by atoms with E-state index in [-0.39, 0.29) is 18.6 Å². The van der Waals surface area contributed by atoms with Crippen molar-refractivity contribution in [3.63, 3.8) is 0 Å². The summed E-state index contributed by atoms with van der Waals surface area (Å²) in [4.78, 5) is 37.0. The lowest BCUT2D eigenvalue weighted by Crippen LogP contribution is -2.65. The Morgan fingerprint density at radius 3 is 2.65 bits per heavy atom. The lowest BCUT2D eigenvalue weighted by molar-refractivity contribution is -0.157. The van der Waals surface area contributed by atoms with Crippen LogP contribution in [-0.4, -0.2) is 47.4 Å². The first-order valence-corrected chi connectivity index (χ1v) is 7.11. The van der Waals surface area contributed by atoms with Crippen molar-refractivity contribution >= 4 is 17.7 Å². The molecular formula is C14H22N2O4. The van der Waals surface area contributed by atoms with E-state index in [0.29, 0.717) is 18.9 Å². The zero-order valence-corrected chi connectivity index (χ0v) is 12.3. The SMILES string of the molecule is CCOC1CC(CC(=O)N2CC(=O)NC(=O)C2(C)C)C1. The largest absolute Gasteiger partial charge is 0.378 e. The first kappa shape index (κ1) is 15.0. The van der Waals surface area contributed by atoms with E-state index in [2.05, 4.69) is 5.32 Å². The summed E-state index contributed by atoms with van der Waals surface area (Å²) in [5, 5.41) is 2.27. The number of nitrogens with one attached hydrogen (secondary N) is 1. The quantitative estimate of drug-likeness (QED) is 0.760. The van der Waals surface area contributed by atoms with E-state index in [0.717, 1.165) is 12.8 Å². The highest BCUT2D eigenvalue weighted by atomic mass is 16.5. The molecule has 2 fully saturated rings. The molecule has 20 heavy (non-hydrogen) atoms. The number of imide groups is 1. The third-order valence-electron chi connectivity index (χ3n) is 4.14. The van der Waals surface area contributed by atoms with E-state index in [1.54, 1.807) is 13.8 Å². The second-order valence-corrected chi connectivity index (χ2v) is 6.04. The minimum Gasteiger partial charge on any atom is -0.378 e. The number of hydrogen-bond acceptors (Lipinski definition) is 4. The van der Waals surface area contributed by atoms with Gasteiger partial charge in [-0.25, -0.2) is 0 Å². The van der Waals surface area contributed by atoms with Crippen LogP contribution in [0.4, 0.5) is 0 Å². The van der Waals surface area contributed by atoms with Crippen molar-refractivity contribution in [2.45, 2.75) is 51.7 Å². The molecule has 6 nitrogen and oxygen atoms in total. The smallest absolute Gasteiger partial charge is 0.252 e. The van der Waals surface area contributed by atoms with Gasteiger partial charge in [0.25, 0.3) is 5.91 Å². The summed E-state index contributed by atoms with van der Waals surface area (Å²) in [6, 6.07) is 0. The predicted molar refractivity (Wildman–Crippen MR) is 71.7 cm³/mol. The van der Waals surface area contributed by atoms with E-state index in [1.165, 1.54) is 4.90 Å². The molecule has 1 saturated heterocycles. The average molecular weight is 282 g/mol. The van der Waals surface area contributed by atoms with Gasteiger partial charge in [0.1, 0.15) is 12.1 Å². The summed E-state index contributed by atoms with van der Waals surface area (Å²) >= 11 is 0. The third-order valence-corrected chi connectivity index (χ3v) is 4.14. The van der Waals surface area contributed by atoms with Crippen LogP contribution < -0.4 is 5.32 Å². The van der Waals surface area contributed by atoms with Crippen molar-refractivity contribution in [1.82, 2.24) is 10.2 Å². The van der Waals surface area contributed by atoms with Gasteiger partial charge >= 0.3 is 0 Å². The molecule has 0 aromatic heterocycles. The molecule has 1 aliphatic heterocycles. The third kappa shape index (κ3) is 2.85. The van der Waals surface area contributed by atoms with E-state index in [4.69, 9.17) is 4.74 Å². The number of nitrogens with zero attached hydrogens (tertiary/aromatic N) is 1. The minimum atomic E-state index is -0.964. The number of carbonyl (C=O) groups is 3. The van der Waals surface area contributed by atoms with Crippen LogP contribution in [-0.2, 0) is 19.1 Å². The van der Waals surface area contributed by atoms with E-state index in [9.17, 15) is 14.4 Å². The van der Waals surface area contributed by atoms with Crippen LogP contribution in [0.1, 0.15) is 40.0 Å². The maximum absolute atomic E-state index is 12.3. The Labute approximate surface area is 118 Å². The monoisotopic (exact) mass is 282 g/mol. The standard InChI is InChI=1S/C14H22N2O4/c1-4-20-10-5-9(6-10)7-12(18)16-8-11(17)15-13(19)14(16,2)3/h9-10H,4-8H2,1-3H3,(H,15,17,19). The van der Waals surface area contributed by atoms with Crippen LogP contribution in [0, 0.1) is 5.92 Å². The van der Waals surface area contributed by atoms with Gasteiger partial charge in [0, 0.05) is 13.0 Å². The van der Waals surface area contributed by atoms with Crippen molar-refractivity contribution in [2.75, 3.05) is 13.2 Å². The van der Waals surface area contributed by atoms with Crippen molar-refractivity contribution < 1.29 is 19.1 Å². The van der Waals surface area contributed by atoms with Crippen LogP contribution in [0.3, 0.4) is 0 Å². The molecule has 0 radical (unpaired) electrons. The number of hydrogen-bond donors (Lipinski definition) is 1. The van der Waals surface area contributed by atoms with Crippen LogP contribution in [0.15, 0.2) is 0 Å². The van der Waals surface area contributed by atoms with Crippen molar-refractivity contribution in [3.8, 4) is 0 Å². The van der Waals surface area contributed by atoms with Crippen molar-refractivity contribution in [3.05, 3.63) is 0 Å². The van der Waals surface area contributed by atoms with Gasteiger partial charge in [0.2, 0.25) is 11.8 Å². The van der Waals surface area contributed by atoms with Gasteiger partial charge < -0.3 is 9.64 Å². The van der Waals surface area contributed by atoms with Crippen molar-refractivity contribution in [2.24, 2.45) is 5.92 Å². The van der Waals surface area contributed by atoms with Gasteiger partial charge in [-0.1, -0.05) is 0 Å². The van der Waals surface area contributed by atoms with Gasteiger partial charge in [-0.05, 0) is 39.5 Å². The summed E-state index contributed by atoms with van der Waals surface area (Å²) in [7, 11) is 0. The van der Waals surface area contributed by atoms with Gasteiger partial charge in [-0.15, -0.1) is 0 Å². The number of piperazine rings is 1. The number of carbonyl (C=O) groups excluding carboxylic acids is 3. The Kier molecular flexibility index (Phi) is 4.13. The van der Waals surface area contributed by atoms with Gasteiger partial charge in [0.05, 0.1) is 6.10 Å². The normalized spacial score (nSPS) is 28.9. The van der Waals surface area contributed by atoms with Crippen LogP contribution in [0.25, 0.3) is 0 Å². The van der Waals surface area contributed by atoms with Crippen LogP contribution >= 0.6 is 0 Å². The zero-order chi connectivity index (χ0) is 14.9. The van der Waals surface area contributed by atoms with Crippen molar-refractivity contribution in [1.29, 1.82) is 0 Å². The highest BCUT2D eigenvalue weighted by Crippen LogP contribution is 2.34. The second-order valence-electron chi connectivity index (χ2n) is 6.04. The molecule has 6 heteroatoms. The Bertz CT molecular complexity index is 427. The van der Waals surface area contributed by atoms with E-state index >= 15 is 0 Å². The maximum Gasteiger partial charge on any atom is 0.252 e. The number of ether oxygens (including phenoxy) is 1. The molecule has 1 saturated carbocycles. The summed E-state index contributed by atoms with van der Waals surface area (Å²) in [5.74, 6) is -0.653. The summed E-state index contributed by atoms with van der Waals surface area (Å²) in [5.41, 5.74) is -0.964. The summed E-state index contributed by atoms with van der Waals surface area (Å²) in [6.45, 7) is 5.93. The fourth-order valence-corrected chi connectivity index (χ4v) is 2.75. The molecule has 0 aromatic rings. The molecule has 112 valence electrons. The Morgan fingerprint density at radius 1 is 1.40 bits per heavy atom. The molecule has 2 aliphatic rings. The molecule has 1 aliphatic carbocycles. The maximum atomic E-state index is 12.3. The molecule has 1 N–H and O–H groups in total. The Morgan fingerprint density at radius 2 is 2.05 bits per heavy atom.